The number of hydrogen-bond acceptors (Lipinski definition) is 5. The third kappa shape index (κ3) is 3.86. The summed E-state index contributed by atoms with van der Waals surface area (Å²) in [7, 11) is 1.32. The van der Waals surface area contributed by atoms with Crippen molar-refractivity contribution < 1.29 is 19.1 Å². The fourth-order valence-corrected chi connectivity index (χ4v) is 3.34. The van der Waals surface area contributed by atoms with E-state index < -0.39 is 5.97 Å². The van der Waals surface area contributed by atoms with Gasteiger partial charge in [-0.15, -0.1) is 0 Å². The highest BCUT2D eigenvalue weighted by Gasteiger charge is 2.34. The molecule has 6 heteroatoms. The molecule has 0 aromatic heterocycles. The maximum atomic E-state index is 12.6. The van der Waals surface area contributed by atoms with E-state index in [-0.39, 0.29) is 17.7 Å². The summed E-state index contributed by atoms with van der Waals surface area (Å²) in [6.07, 6.45) is 1.65. The second-order valence-corrected chi connectivity index (χ2v) is 6.86. The van der Waals surface area contributed by atoms with E-state index in [1.54, 1.807) is 30.3 Å². The molecule has 2 amide bonds. The van der Waals surface area contributed by atoms with E-state index in [1.165, 1.54) is 12.0 Å². The topological polar surface area (TPSA) is 63.7 Å². The number of imide groups is 1. The maximum absolute atomic E-state index is 12.6. The van der Waals surface area contributed by atoms with Crippen molar-refractivity contribution in [1.29, 1.82) is 0 Å². The highest BCUT2D eigenvalue weighted by Crippen LogP contribution is 2.33. The van der Waals surface area contributed by atoms with Crippen molar-refractivity contribution in [2.45, 2.75) is 13.5 Å². The van der Waals surface area contributed by atoms with E-state index in [4.69, 9.17) is 0 Å². The first-order valence-electron chi connectivity index (χ1n) is 7.97. The van der Waals surface area contributed by atoms with Crippen LogP contribution < -0.4 is 0 Å². The van der Waals surface area contributed by atoms with Crippen molar-refractivity contribution in [2.24, 2.45) is 0 Å². The SMILES string of the molecule is COC(=O)c1ccc(/C=C2\SC(=O)N(Cc3ccc(C)cc3)C2=O)cc1. The molecular weight excluding hydrogens is 350 g/mol. The quantitative estimate of drug-likeness (QED) is 0.603. The van der Waals surface area contributed by atoms with E-state index in [2.05, 4.69) is 4.74 Å². The van der Waals surface area contributed by atoms with E-state index in [9.17, 15) is 14.4 Å². The van der Waals surface area contributed by atoms with E-state index in [0.29, 0.717) is 10.5 Å². The van der Waals surface area contributed by atoms with Gasteiger partial charge in [0, 0.05) is 0 Å². The van der Waals surface area contributed by atoms with Crippen LogP contribution in [0.2, 0.25) is 0 Å². The smallest absolute Gasteiger partial charge is 0.337 e. The van der Waals surface area contributed by atoms with Gasteiger partial charge in [0.25, 0.3) is 11.1 Å². The third-order valence-electron chi connectivity index (χ3n) is 3.96. The van der Waals surface area contributed by atoms with Crippen LogP contribution in [0.15, 0.2) is 53.4 Å². The van der Waals surface area contributed by atoms with Gasteiger partial charge in [0.15, 0.2) is 0 Å². The van der Waals surface area contributed by atoms with Crippen LogP contribution in [-0.2, 0) is 16.1 Å². The lowest BCUT2D eigenvalue weighted by Gasteiger charge is -2.12. The van der Waals surface area contributed by atoms with Crippen LogP contribution in [0.1, 0.15) is 27.0 Å². The number of ether oxygens (including phenoxy) is 1. The second kappa shape index (κ2) is 7.58. The minimum absolute atomic E-state index is 0.254. The van der Waals surface area contributed by atoms with Crippen molar-refractivity contribution >= 4 is 35.0 Å². The summed E-state index contributed by atoms with van der Waals surface area (Å²) < 4.78 is 4.65. The van der Waals surface area contributed by atoms with Gasteiger partial charge in [0.05, 0.1) is 24.1 Å². The van der Waals surface area contributed by atoms with E-state index >= 15 is 0 Å². The van der Waals surface area contributed by atoms with Gasteiger partial charge in [-0.2, -0.15) is 0 Å². The van der Waals surface area contributed by atoms with Crippen LogP contribution in [0.25, 0.3) is 6.08 Å². The lowest BCUT2D eigenvalue weighted by molar-refractivity contribution is -0.123. The molecule has 0 N–H and O–H groups in total. The maximum Gasteiger partial charge on any atom is 0.337 e. The minimum Gasteiger partial charge on any atom is -0.465 e. The van der Waals surface area contributed by atoms with E-state index in [0.717, 1.165) is 28.5 Å². The van der Waals surface area contributed by atoms with Crippen molar-refractivity contribution in [2.75, 3.05) is 7.11 Å². The fraction of sp³-hybridized carbons (Fsp3) is 0.150. The Labute approximate surface area is 155 Å². The molecule has 2 aromatic rings. The van der Waals surface area contributed by atoms with Crippen LogP contribution in [0.5, 0.6) is 0 Å². The Hall–Kier alpha value is -2.86. The summed E-state index contributed by atoms with van der Waals surface area (Å²) in [6.45, 7) is 2.24. The molecule has 1 aliphatic rings. The first kappa shape index (κ1) is 17.9. The first-order chi connectivity index (χ1) is 12.5. The summed E-state index contributed by atoms with van der Waals surface area (Å²) in [5.41, 5.74) is 3.19. The highest BCUT2D eigenvalue weighted by atomic mass is 32.2. The van der Waals surface area contributed by atoms with Gasteiger partial charge in [-0.05, 0) is 48.0 Å². The Kier molecular flexibility index (Phi) is 5.23. The van der Waals surface area contributed by atoms with Crippen LogP contribution in [0.4, 0.5) is 4.79 Å². The summed E-state index contributed by atoms with van der Waals surface area (Å²) in [6, 6.07) is 14.4. The second-order valence-electron chi connectivity index (χ2n) is 5.87. The number of rotatable bonds is 4. The van der Waals surface area contributed by atoms with Gasteiger partial charge < -0.3 is 4.74 Å². The normalized spacial score (nSPS) is 15.6. The molecule has 1 aliphatic heterocycles. The molecule has 1 fully saturated rings. The Morgan fingerprint density at radius 2 is 1.73 bits per heavy atom. The number of methoxy groups -OCH3 is 1. The zero-order valence-electron chi connectivity index (χ0n) is 14.4. The number of carbonyl (C=O) groups excluding carboxylic acids is 3. The molecule has 0 saturated carbocycles. The monoisotopic (exact) mass is 367 g/mol. The average Bonchev–Trinajstić information content (AvgIpc) is 2.91. The zero-order chi connectivity index (χ0) is 18.7. The molecule has 0 atom stereocenters. The van der Waals surface area contributed by atoms with Gasteiger partial charge in [-0.3, -0.25) is 14.5 Å². The minimum atomic E-state index is -0.421. The average molecular weight is 367 g/mol. The standard InChI is InChI=1S/C20H17NO4S/c1-13-3-5-15(6-4-13)12-21-18(22)17(26-20(21)24)11-14-7-9-16(10-8-14)19(23)25-2/h3-11H,12H2,1-2H3/b17-11-. The number of carbonyl (C=O) groups is 3. The van der Waals surface area contributed by atoms with Gasteiger partial charge in [0.1, 0.15) is 0 Å². The molecule has 1 heterocycles. The van der Waals surface area contributed by atoms with Crippen molar-refractivity contribution in [1.82, 2.24) is 4.90 Å². The van der Waals surface area contributed by atoms with Crippen molar-refractivity contribution in [3.8, 4) is 0 Å². The molecule has 0 bridgehead atoms. The largest absolute Gasteiger partial charge is 0.465 e. The molecule has 0 radical (unpaired) electrons. The van der Waals surface area contributed by atoms with Gasteiger partial charge in [-0.1, -0.05) is 42.0 Å². The summed E-state index contributed by atoms with van der Waals surface area (Å²) in [4.78, 5) is 37.8. The Bertz CT molecular complexity index is 885. The molecule has 2 aromatic carbocycles. The lowest BCUT2D eigenvalue weighted by atomic mass is 10.1. The molecule has 3 rings (SSSR count). The molecule has 0 aliphatic carbocycles. The Morgan fingerprint density at radius 1 is 1.08 bits per heavy atom. The molecule has 1 saturated heterocycles. The van der Waals surface area contributed by atoms with Crippen molar-refractivity contribution in [3.05, 3.63) is 75.7 Å². The number of esters is 1. The number of benzene rings is 2. The number of nitrogens with zero attached hydrogens (tertiary/aromatic N) is 1. The Morgan fingerprint density at radius 3 is 2.35 bits per heavy atom. The third-order valence-corrected chi connectivity index (χ3v) is 4.87. The zero-order valence-corrected chi connectivity index (χ0v) is 15.2. The van der Waals surface area contributed by atoms with Crippen LogP contribution in [0, 0.1) is 6.92 Å². The van der Waals surface area contributed by atoms with Crippen LogP contribution in [-0.4, -0.2) is 29.1 Å². The summed E-state index contributed by atoms with van der Waals surface area (Å²) >= 11 is 0.921. The highest BCUT2D eigenvalue weighted by molar-refractivity contribution is 8.18. The van der Waals surface area contributed by atoms with E-state index in [1.807, 2.05) is 31.2 Å². The predicted octanol–water partition coefficient (Wildman–Crippen LogP) is 4.02. The number of hydrogen-bond donors (Lipinski definition) is 0. The molecule has 5 nitrogen and oxygen atoms in total. The lowest BCUT2D eigenvalue weighted by Crippen LogP contribution is -2.27. The van der Waals surface area contributed by atoms with Crippen molar-refractivity contribution in [3.63, 3.8) is 0 Å². The van der Waals surface area contributed by atoms with Crippen LogP contribution >= 0.6 is 11.8 Å². The molecule has 0 spiro atoms. The fourth-order valence-electron chi connectivity index (χ4n) is 2.50. The molecule has 0 unspecified atom stereocenters. The van der Waals surface area contributed by atoms with Gasteiger partial charge in [0.2, 0.25) is 0 Å². The number of thioether (sulfide) groups is 1. The van der Waals surface area contributed by atoms with Crippen LogP contribution in [0.3, 0.4) is 0 Å². The summed E-state index contributed by atoms with van der Waals surface area (Å²) in [5.74, 6) is -0.729. The molecular formula is C20H17NO4S. The number of amides is 2. The number of aryl methyl sites for hydroxylation is 1. The Balaban J connectivity index is 1.76. The summed E-state index contributed by atoms with van der Waals surface area (Å²) in [5, 5.41) is -0.284. The van der Waals surface area contributed by atoms with Gasteiger partial charge in [-0.25, -0.2) is 4.79 Å². The predicted molar refractivity (Wildman–Crippen MR) is 100 cm³/mol. The molecule has 26 heavy (non-hydrogen) atoms. The molecule has 132 valence electrons. The first-order valence-corrected chi connectivity index (χ1v) is 8.79. The van der Waals surface area contributed by atoms with Gasteiger partial charge >= 0.3 is 5.97 Å².